The van der Waals surface area contributed by atoms with Gasteiger partial charge in [-0.2, -0.15) is 0 Å². The van der Waals surface area contributed by atoms with Gasteiger partial charge in [-0.1, -0.05) is 52.7 Å². The molecule has 0 saturated carbocycles. The van der Waals surface area contributed by atoms with Gasteiger partial charge in [0, 0.05) is 21.5 Å². The smallest absolute Gasteiger partial charge is 0.127 e. The van der Waals surface area contributed by atoms with Gasteiger partial charge in [-0.15, -0.1) is 0 Å². The third-order valence-electron chi connectivity index (χ3n) is 3.73. The van der Waals surface area contributed by atoms with E-state index in [0.717, 1.165) is 45.9 Å². The molecule has 0 aromatic heterocycles. The maximum absolute atomic E-state index is 6.43. The average molecular weight is 367 g/mol. The molecule has 3 rings (SSSR count). The molecule has 1 aliphatic rings. The van der Waals surface area contributed by atoms with E-state index in [4.69, 9.17) is 16.3 Å². The molecule has 0 saturated heterocycles. The van der Waals surface area contributed by atoms with Gasteiger partial charge in [0.2, 0.25) is 0 Å². The van der Waals surface area contributed by atoms with E-state index >= 15 is 0 Å². The Hall–Kier alpha value is -1.03. The van der Waals surface area contributed by atoms with E-state index in [2.05, 4.69) is 52.4 Å². The van der Waals surface area contributed by atoms with E-state index in [-0.39, 0.29) is 6.04 Å². The summed E-state index contributed by atoms with van der Waals surface area (Å²) in [5, 5.41) is 4.29. The fourth-order valence-corrected chi connectivity index (χ4v) is 3.40. The lowest BCUT2D eigenvalue weighted by molar-refractivity contribution is 0.350. The third-order valence-corrected chi connectivity index (χ3v) is 4.57. The predicted molar refractivity (Wildman–Crippen MR) is 90.3 cm³/mol. The Kier molecular flexibility index (Phi) is 4.53. The van der Waals surface area contributed by atoms with Crippen molar-refractivity contribution in [2.24, 2.45) is 0 Å². The minimum absolute atomic E-state index is 0.0352. The highest BCUT2D eigenvalue weighted by atomic mass is 79.9. The molecule has 4 heteroatoms. The Morgan fingerprint density at radius 2 is 2.14 bits per heavy atom. The van der Waals surface area contributed by atoms with Crippen LogP contribution in [0.5, 0.6) is 5.75 Å². The Morgan fingerprint density at radius 3 is 2.95 bits per heavy atom. The summed E-state index contributed by atoms with van der Waals surface area (Å²) < 4.78 is 6.88. The fourth-order valence-electron chi connectivity index (χ4n) is 2.80. The molecule has 21 heavy (non-hydrogen) atoms. The molecular formula is C17H17BrClNO. The first kappa shape index (κ1) is 14.9. The maximum Gasteiger partial charge on any atom is 0.127 e. The molecule has 2 aromatic carbocycles. The van der Waals surface area contributed by atoms with E-state index in [9.17, 15) is 0 Å². The van der Waals surface area contributed by atoms with Crippen LogP contribution in [0.15, 0.2) is 40.9 Å². The second-order valence-electron chi connectivity index (χ2n) is 5.09. The lowest BCUT2D eigenvalue weighted by atomic mass is 9.95. The molecule has 2 aromatic rings. The molecule has 0 amide bonds. The van der Waals surface area contributed by atoms with Crippen molar-refractivity contribution in [3.05, 3.63) is 62.6 Å². The van der Waals surface area contributed by atoms with Crippen LogP contribution in [0.2, 0.25) is 5.02 Å². The van der Waals surface area contributed by atoms with Crippen molar-refractivity contribution in [2.45, 2.75) is 19.4 Å². The van der Waals surface area contributed by atoms with Gasteiger partial charge < -0.3 is 10.1 Å². The number of benzene rings is 2. The number of para-hydroxylation sites is 1. The number of fused-ring (bicyclic) bond motifs is 1. The van der Waals surface area contributed by atoms with Gasteiger partial charge in [0.25, 0.3) is 0 Å². The van der Waals surface area contributed by atoms with Crippen molar-refractivity contribution in [3.63, 3.8) is 0 Å². The van der Waals surface area contributed by atoms with Crippen LogP contribution in [0.25, 0.3) is 0 Å². The van der Waals surface area contributed by atoms with Crippen molar-refractivity contribution in [3.8, 4) is 5.75 Å². The lowest BCUT2D eigenvalue weighted by Gasteiger charge is -2.22. The van der Waals surface area contributed by atoms with Crippen molar-refractivity contribution in [1.29, 1.82) is 0 Å². The van der Waals surface area contributed by atoms with Crippen LogP contribution in [0, 0.1) is 0 Å². The van der Waals surface area contributed by atoms with Crippen LogP contribution in [-0.2, 0) is 6.42 Å². The summed E-state index contributed by atoms with van der Waals surface area (Å²) in [6, 6.07) is 12.3. The summed E-state index contributed by atoms with van der Waals surface area (Å²) in [5.74, 6) is 1.01. The average Bonchev–Trinajstić information content (AvgIpc) is 2.96. The Bertz CT molecular complexity index is 659. The molecule has 1 unspecified atom stereocenters. The first-order valence-corrected chi connectivity index (χ1v) is 8.30. The monoisotopic (exact) mass is 365 g/mol. The molecule has 1 aliphatic heterocycles. The molecule has 0 radical (unpaired) electrons. The van der Waals surface area contributed by atoms with Gasteiger partial charge in [-0.3, -0.25) is 0 Å². The second kappa shape index (κ2) is 6.39. The summed E-state index contributed by atoms with van der Waals surface area (Å²) in [5.41, 5.74) is 3.50. The number of hydrogen-bond acceptors (Lipinski definition) is 2. The lowest BCUT2D eigenvalue weighted by Crippen LogP contribution is -2.23. The highest BCUT2D eigenvalue weighted by molar-refractivity contribution is 9.10. The summed E-state index contributed by atoms with van der Waals surface area (Å²) in [4.78, 5) is 0. The zero-order valence-corrected chi connectivity index (χ0v) is 14.2. The van der Waals surface area contributed by atoms with Crippen LogP contribution in [-0.4, -0.2) is 13.2 Å². The summed E-state index contributed by atoms with van der Waals surface area (Å²) >= 11 is 9.96. The van der Waals surface area contributed by atoms with Gasteiger partial charge in [0.05, 0.1) is 12.6 Å². The summed E-state index contributed by atoms with van der Waals surface area (Å²) in [7, 11) is 0. The van der Waals surface area contributed by atoms with Gasteiger partial charge in [0.1, 0.15) is 5.75 Å². The molecule has 2 nitrogen and oxygen atoms in total. The van der Waals surface area contributed by atoms with Crippen molar-refractivity contribution in [1.82, 2.24) is 5.32 Å². The molecule has 0 spiro atoms. The van der Waals surface area contributed by atoms with Crippen molar-refractivity contribution >= 4 is 27.5 Å². The van der Waals surface area contributed by atoms with E-state index in [1.807, 2.05) is 12.1 Å². The van der Waals surface area contributed by atoms with Crippen LogP contribution < -0.4 is 10.1 Å². The van der Waals surface area contributed by atoms with E-state index in [1.54, 1.807) is 0 Å². The zero-order valence-electron chi connectivity index (χ0n) is 11.8. The topological polar surface area (TPSA) is 21.3 Å². The minimum atomic E-state index is 0.0352. The minimum Gasteiger partial charge on any atom is -0.493 e. The molecule has 1 N–H and O–H groups in total. The number of rotatable bonds is 4. The first-order chi connectivity index (χ1) is 10.2. The number of ether oxygens (including phenoxy) is 1. The number of nitrogens with one attached hydrogen (secondary N) is 1. The molecule has 0 aliphatic carbocycles. The van der Waals surface area contributed by atoms with Crippen molar-refractivity contribution < 1.29 is 4.74 Å². The molecular weight excluding hydrogens is 350 g/mol. The quantitative estimate of drug-likeness (QED) is 0.844. The Labute approximate surface area is 138 Å². The van der Waals surface area contributed by atoms with Gasteiger partial charge in [-0.25, -0.2) is 0 Å². The number of halogens is 2. The molecule has 0 fully saturated rings. The van der Waals surface area contributed by atoms with Crippen molar-refractivity contribution in [2.75, 3.05) is 13.2 Å². The van der Waals surface area contributed by atoms with E-state index in [0.29, 0.717) is 0 Å². The van der Waals surface area contributed by atoms with Gasteiger partial charge in [0.15, 0.2) is 0 Å². The highest BCUT2D eigenvalue weighted by Crippen LogP contribution is 2.38. The number of hydrogen-bond donors (Lipinski definition) is 1. The zero-order chi connectivity index (χ0) is 14.8. The predicted octanol–water partition coefficient (Wildman–Crippen LogP) is 4.74. The standard InChI is InChI=1S/C17H17BrClNO/c1-2-20-16(14-10-12(18)6-7-15(14)19)13-5-3-4-11-8-9-21-17(11)13/h3-7,10,16,20H,2,8-9H2,1H3. The SMILES string of the molecule is CCNC(c1cc(Br)ccc1Cl)c1cccc2c1OCC2. The largest absolute Gasteiger partial charge is 0.493 e. The first-order valence-electron chi connectivity index (χ1n) is 7.13. The second-order valence-corrected chi connectivity index (χ2v) is 6.41. The highest BCUT2D eigenvalue weighted by Gasteiger charge is 2.24. The van der Waals surface area contributed by atoms with E-state index < -0.39 is 0 Å². The van der Waals surface area contributed by atoms with E-state index in [1.165, 1.54) is 5.56 Å². The Balaban J connectivity index is 2.10. The van der Waals surface area contributed by atoms with Gasteiger partial charge in [-0.05, 0) is 35.9 Å². The van der Waals surface area contributed by atoms with Crippen LogP contribution in [0.4, 0.5) is 0 Å². The van der Waals surface area contributed by atoms with Crippen LogP contribution >= 0.6 is 27.5 Å². The Morgan fingerprint density at radius 1 is 1.29 bits per heavy atom. The van der Waals surface area contributed by atoms with Gasteiger partial charge >= 0.3 is 0 Å². The van der Waals surface area contributed by atoms with Crippen LogP contribution in [0.3, 0.4) is 0 Å². The fraction of sp³-hybridized carbons (Fsp3) is 0.294. The molecule has 1 heterocycles. The van der Waals surface area contributed by atoms with Crippen LogP contribution in [0.1, 0.15) is 29.7 Å². The normalized spacial score (nSPS) is 14.6. The third kappa shape index (κ3) is 2.96. The molecule has 110 valence electrons. The maximum atomic E-state index is 6.43. The molecule has 1 atom stereocenters. The summed E-state index contributed by atoms with van der Waals surface area (Å²) in [6.45, 7) is 3.72. The molecule has 0 bridgehead atoms. The summed E-state index contributed by atoms with van der Waals surface area (Å²) in [6.07, 6.45) is 0.980.